The first-order valence-electron chi connectivity index (χ1n) is 10.5. The van der Waals surface area contributed by atoms with Crippen LogP contribution in [0.5, 0.6) is 0 Å². The number of rotatable bonds is 9. The number of amides is 2. The third-order valence-corrected chi connectivity index (χ3v) is 4.90. The Bertz CT molecular complexity index is 881. The number of hydrogen-bond donors (Lipinski definition) is 2. The molecule has 2 atom stereocenters. The zero-order valence-electron chi connectivity index (χ0n) is 17.7. The maximum absolute atomic E-state index is 12.9. The molecular weight excluding hydrogens is 396 g/mol. The maximum atomic E-state index is 12.9. The first kappa shape index (κ1) is 22.3. The highest BCUT2D eigenvalue weighted by molar-refractivity contribution is 5.88. The summed E-state index contributed by atoms with van der Waals surface area (Å²) in [5.74, 6) is -1.32. The second-order valence-electron chi connectivity index (χ2n) is 7.94. The summed E-state index contributed by atoms with van der Waals surface area (Å²) < 4.78 is 10.8. The summed E-state index contributed by atoms with van der Waals surface area (Å²) in [5, 5.41) is 5.44. The minimum atomic E-state index is -1.09. The molecule has 7 heteroatoms. The van der Waals surface area contributed by atoms with E-state index in [0.717, 1.165) is 18.4 Å². The molecule has 0 unspecified atom stereocenters. The molecule has 2 N–H and O–H groups in total. The van der Waals surface area contributed by atoms with Crippen molar-refractivity contribution in [1.29, 1.82) is 0 Å². The van der Waals surface area contributed by atoms with Crippen molar-refractivity contribution in [3.05, 3.63) is 71.8 Å². The Labute approximate surface area is 182 Å². The summed E-state index contributed by atoms with van der Waals surface area (Å²) in [6.07, 6.45) is 0.0331. The molecule has 0 bridgehead atoms. The van der Waals surface area contributed by atoms with E-state index in [1.54, 1.807) is 38.1 Å². The fraction of sp³-hybridized carbons (Fsp3) is 0.375. The van der Waals surface area contributed by atoms with Gasteiger partial charge < -0.3 is 20.1 Å². The summed E-state index contributed by atoms with van der Waals surface area (Å²) in [6, 6.07) is 17.3. The van der Waals surface area contributed by atoms with E-state index in [0.29, 0.717) is 5.56 Å². The molecule has 0 aromatic heterocycles. The van der Waals surface area contributed by atoms with Crippen molar-refractivity contribution >= 4 is 18.0 Å². The lowest BCUT2D eigenvalue weighted by molar-refractivity contribution is -0.159. The van der Waals surface area contributed by atoms with Gasteiger partial charge in [0.05, 0.1) is 0 Å². The van der Waals surface area contributed by atoms with Crippen LogP contribution in [0.2, 0.25) is 0 Å². The first-order valence-corrected chi connectivity index (χ1v) is 10.5. The molecule has 0 spiro atoms. The molecule has 7 nitrogen and oxygen atoms in total. The fourth-order valence-electron chi connectivity index (χ4n) is 2.98. The van der Waals surface area contributed by atoms with Crippen molar-refractivity contribution < 1.29 is 23.9 Å². The van der Waals surface area contributed by atoms with E-state index in [-0.39, 0.29) is 24.5 Å². The number of nitrogens with one attached hydrogen (secondary N) is 2. The van der Waals surface area contributed by atoms with Gasteiger partial charge in [0.15, 0.2) is 0 Å². The summed E-state index contributed by atoms with van der Waals surface area (Å²) >= 11 is 0. The number of esters is 1. The van der Waals surface area contributed by atoms with E-state index in [2.05, 4.69) is 10.6 Å². The van der Waals surface area contributed by atoms with Crippen LogP contribution in [0, 0.1) is 5.92 Å². The van der Waals surface area contributed by atoms with Gasteiger partial charge in [-0.25, -0.2) is 9.59 Å². The normalized spacial score (nSPS) is 14.9. The Morgan fingerprint density at radius 2 is 1.58 bits per heavy atom. The summed E-state index contributed by atoms with van der Waals surface area (Å²) in [7, 11) is 0. The van der Waals surface area contributed by atoms with Crippen LogP contribution < -0.4 is 10.6 Å². The van der Waals surface area contributed by atoms with Crippen molar-refractivity contribution in [1.82, 2.24) is 10.6 Å². The Hall–Kier alpha value is -3.35. The smallest absolute Gasteiger partial charge is 0.408 e. The number of alkyl carbamates (subject to hydrolysis) is 1. The Morgan fingerprint density at radius 3 is 2.16 bits per heavy atom. The minimum absolute atomic E-state index is 0.0863. The van der Waals surface area contributed by atoms with Crippen molar-refractivity contribution in [3.8, 4) is 0 Å². The summed E-state index contributed by atoms with van der Waals surface area (Å²) in [5.41, 5.74) is 1.41. The van der Waals surface area contributed by atoms with Gasteiger partial charge >= 0.3 is 12.1 Å². The van der Waals surface area contributed by atoms with Gasteiger partial charge in [0.1, 0.15) is 12.6 Å². The monoisotopic (exact) mass is 424 g/mol. The van der Waals surface area contributed by atoms with Crippen molar-refractivity contribution in [2.75, 3.05) is 0 Å². The van der Waals surface area contributed by atoms with Crippen molar-refractivity contribution in [2.45, 2.75) is 51.5 Å². The van der Waals surface area contributed by atoms with Gasteiger partial charge in [-0.2, -0.15) is 0 Å². The number of carbonyl (C=O) groups excluding carboxylic acids is 3. The third kappa shape index (κ3) is 6.84. The molecule has 2 amide bonds. The SMILES string of the molecule is CC(C)[C@H](NC(=O)OCc1ccccc1)C(=O)O[C@H](C(=O)NC1CC1)c1ccccc1. The molecule has 1 saturated carbocycles. The van der Waals surface area contributed by atoms with Gasteiger partial charge in [-0.1, -0.05) is 74.5 Å². The molecule has 164 valence electrons. The summed E-state index contributed by atoms with van der Waals surface area (Å²) in [4.78, 5) is 37.9. The van der Waals surface area contributed by atoms with Gasteiger partial charge in [0.2, 0.25) is 6.10 Å². The standard InChI is InChI=1S/C24H28N2O5/c1-16(2)20(26-24(29)30-15-17-9-5-3-6-10-17)23(28)31-21(18-11-7-4-8-12-18)22(27)25-19-13-14-19/h3-12,16,19-21H,13-15H2,1-2H3,(H,25,27)(H,26,29)/t20-,21-/m0/s1. The molecule has 0 saturated heterocycles. The molecule has 1 aliphatic rings. The Kier molecular flexibility index (Phi) is 7.65. The first-order chi connectivity index (χ1) is 14.9. The molecule has 0 radical (unpaired) electrons. The lowest BCUT2D eigenvalue weighted by Crippen LogP contribution is -2.47. The van der Waals surface area contributed by atoms with E-state index in [1.165, 1.54) is 0 Å². The molecule has 2 aromatic carbocycles. The van der Waals surface area contributed by atoms with Crippen molar-refractivity contribution in [3.63, 3.8) is 0 Å². The van der Waals surface area contributed by atoms with Crippen LogP contribution in [0.3, 0.4) is 0 Å². The van der Waals surface area contributed by atoms with E-state index >= 15 is 0 Å². The van der Waals surface area contributed by atoms with Crippen LogP contribution in [0.25, 0.3) is 0 Å². The molecule has 1 fully saturated rings. The van der Waals surface area contributed by atoms with Gasteiger partial charge in [0.25, 0.3) is 5.91 Å². The average molecular weight is 424 g/mol. The molecule has 3 rings (SSSR count). The van der Waals surface area contributed by atoms with Gasteiger partial charge in [-0.3, -0.25) is 4.79 Å². The van der Waals surface area contributed by atoms with Gasteiger partial charge in [-0.15, -0.1) is 0 Å². The zero-order valence-corrected chi connectivity index (χ0v) is 17.7. The van der Waals surface area contributed by atoms with Crippen LogP contribution >= 0.6 is 0 Å². The Balaban J connectivity index is 1.64. The minimum Gasteiger partial charge on any atom is -0.446 e. The third-order valence-electron chi connectivity index (χ3n) is 4.90. The van der Waals surface area contributed by atoms with E-state index in [9.17, 15) is 14.4 Å². The van der Waals surface area contributed by atoms with Crippen LogP contribution in [-0.2, 0) is 25.7 Å². The van der Waals surface area contributed by atoms with E-state index in [4.69, 9.17) is 9.47 Å². The number of benzene rings is 2. The zero-order chi connectivity index (χ0) is 22.2. The predicted octanol–water partition coefficient (Wildman–Crippen LogP) is 3.50. The van der Waals surface area contributed by atoms with Crippen LogP contribution in [0.15, 0.2) is 60.7 Å². The lowest BCUT2D eigenvalue weighted by Gasteiger charge is -2.24. The van der Waals surface area contributed by atoms with Crippen LogP contribution in [-0.4, -0.2) is 30.1 Å². The highest BCUT2D eigenvalue weighted by Crippen LogP contribution is 2.24. The number of ether oxygens (including phenoxy) is 2. The molecule has 31 heavy (non-hydrogen) atoms. The topological polar surface area (TPSA) is 93.7 Å². The van der Waals surface area contributed by atoms with E-state index in [1.807, 2.05) is 36.4 Å². The maximum Gasteiger partial charge on any atom is 0.408 e. The molecule has 2 aromatic rings. The second kappa shape index (κ2) is 10.6. The largest absolute Gasteiger partial charge is 0.446 e. The predicted molar refractivity (Wildman–Crippen MR) is 115 cm³/mol. The molecular formula is C24H28N2O5. The summed E-state index contributed by atoms with van der Waals surface area (Å²) in [6.45, 7) is 3.65. The quantitative estimate of drug-likeness (QED) is 0.601. The second-order valence-corrected chi connectivity index (χ2v) is 7.94. The Morgan fingerprint density at radius 1 is 0.968 bits per heavy atom. The van der Waals surface area contributed by atoms with Crippen LogP contribution in [0.4, 0.5) is 4.79 Å². The molecule has 0 heterocycles. The highest BCUT2D eigenvalue weighted by atomic mass is 16.6. The average Bonchev–Trinajstić information content (AvgIpc) is 3.59. The number of carbonyl (C=O) groups is 3. The number of hydrogen-bond acceptors (Lipinski definition) is 5. The van der Waals surface area contributed by atoms with E-state index < -0.39 is 24.2 Å². The van der Waals surface area contributed by atoms with Crippen molar-refractivity contribution in [2.24, 2.45) is 5.92 Å². The lowest BCUT2D eigenvalue weighted by atomic mass is 10.0. The fourth-order valence-corrected chi connectivity index (χ4v) is 2.98. The van der Waals surface area contributed by atoms with Gasteiger partial charge in [0, 0.05) is 11.6 Å². The van der Waals surface area contributed by atoms with Crippen LogP contribution in [0.1, 0.15) is 43.9 Å². The molecule has 1 aliphatic carbocycles. The molecule has 0 aliphatic heterocycles. The highest BCUT2D eigenvalue weighted by Gasteiger charge is 2.34. The van der Waals surface area contributed by atoms with Gasteiger partial charge in [-0.05, 0) is 24.3 Å².